The molecular formula is C17H19N5O2. The first-order valence-corrected chi connectivity index (χ1v) is 7.68. The molecule has 0 bridgehead atoms. The predicted molar refractivity (Wildman–Crippen MR) is 89.2 cm³/mol. The summed E-state index contributed by atoms with van der Waals surface area (Å²) in [5, 5.41) is 4.22. The third-order valence-corrected chi connectivity index (χ3v) is 3.65. The molecule has 0 aliphatic rings. The van der Waals surface area contributed by atoms with E-state index in [2.05, 4.69) is 15.1 Å². The van der Waals surface area contributed by atoms with Crippen LogP contribution in [0.2, 0.25) is 0 Å². The van der Waals surface area contributed by atoms with Gasteiger partial charge in [0, 0.05) is 18.9 Å². The Balaban J connectivity index is 1.62. The molecule has 2 aromatic heterocycles. The molecular weight excluding hydrogens is 306 g/mol. The Bertz CT molecular complexity index is 874. The van der Waals surface area contributed by atoms with E-state index in [4.69, 9.17) is 4.74 Å². The van der Waals surface area contributed by atoms with Gasteiger partial charge < -0.3 is 9.64 Å². The molecule has 0 spiro atoms. The fourth-order valence-electron chi connectivity index (χ4n) is 2.27. The zero-order chi connectivity index (χ0) is 17.1. The van der Waals surface area contributed by atoms with E-state index in [9.17, 15) is 4.79 Å². The van der Waals surface area contributed by atoms with Crippen LogP contribution in [0, 0.1) is 13.8 Å². The highest BCUT2D eigenvalue weighted by Crippen LogP contribution is 2.12. The minimum absolute atomic E-state index is 0.134. The highest BCUT2D eigenvalue weighted by atomic mass is 16.5. The number of hydrogen-bond donors (Lipinski definition) is 0. The van der Waals surface area contributed by atoms with Gasteiger partial charge in [-0.1, -0.05) is 12.1 Å². The van der Waals surface area contributed by atoms with Crippen molar-refractivity contribution in [3.8, 4) is 5.75 Å². The Morgan fingerprint density at radius 1 is 1.29 bits per heavy atom. The van der Waals surface area contributed by atoms with Crippen LogP contribution in [0.1, 0.15) is 21.9 Å². The van der Waals surface area contributed by atoms with E-state index in [1.165, 1.54) is 0 Å². The van der Waals surface area contributed by atoms with Crippen molar-refractivity contribution < 1.29 is 9.53 Å². The van der Waals surface area contributed by atoms with Gasteiger partial charge in [-0.25, -0.2) is 9.50 Å². The number of benzene rings is 1. The van der Waals surface area contributed by atoms with Crippen molar-refractivity contribution in [1.29, 1.82) is 0 Å². The summed E-state index contributed by atoms with van der Waals surface area (Å²) >= 11 is 0. The van der Waals surface area contributed by atoms with Gasteiger partial charge in [0.15, 0.2) is 0 Å². The monoisotopic (exact) mass is 325 g/mol. The van der Waals surface area contributed by atoms with Gasteiger partial charge in [0.2, 0.25) is 5.82 Å². The second-order valence-electron chi connectivity index (χ2n) is 5.63. The number of ether oxygens (including phenoxy) is 1. The maximum Gasteiger partial charge on any atom is 0.293 e. The zero-order valence-electron chi connectivity index (χ0n) is 13.9. The Kier molecular flexibility index (Phi) is 4.41. The molecule has 0 saturated heterocycles. The van der Waals surface area contributed by atoms with Gasteiger partial charge >= 0.3 is 0 Å². The number of carbonyl (C=O) groups excluding carboxylic acids is 1. The molecule has 3 rings (SSSR count). The van der Waals surface area contributed by atoms with Crippen LogP contribution in [-0.2, 0) is 0 Å². The number of rotatable bonds is 5. The normalized spacial score (nSPS) is 10.8. The van der Waals surface area contributed by atoms with Crippen molar-refractivity contribution in [2.24, 2.45) is 0 Å². The van der Waals surface area contributed by atoms with Gasteiger partial charge in [0.25, 0.3) is 11.7 Å². The molecule has 1 aromatic carbocycles. The lowest BCUT2D eigenvalue weighted by Crippen LogP contribution is -2.31. The highest BCUT2D eigenvalue weighted by Gasteiger charge is 2.18. The van der Waals surface area contributed by atoms with Crippen LogP contribution in [0.3, 0.4) is 0 Å². The second-order valence-corrected chi connectivity index (χ2v) is 5.63. The van der Waals surface area contributed by atoms with Crippen molar-refractivity contribution >= 4 is 11.7 Å². The molecule has 24 heavy (non-hydrogen) atoms. The third-order valence-electron chi connectivity index (χ3n) is 3.65. The molecule has 7 heteroatoms. The maximum atomic E-state index is 12.4. The van der Waals surface area contributed by atoms with Crippen molar-refractivity contribution in [3.05, 3.63) is 53.6 Å². The SMILES string of the molecule is Cc1cccc(OCCN(C)C(=O)c2nc3nccc(C)n3n2)c1. The molecule has 0 aliphatic heterocycles. The van der Waals surface area contributed by atoms with Gasteiger partial charge in [-0.15, -0.1) is 5.10 Å². The fraction of sp³-hybridized carbons (Fsp3) is 0.294. The standard InChI is InChI=1S/C17H19N5O2/c1-12-5-4-6-14(11-12)24-10-9-21(3)16(23)15-19-17-18-8-7-13(2)22(17)20-15/h4-8,11H,9-10H2,1-3H3. The molecule has 0 radical (unpaired) electrons. The van der Waals surface area contributed by atoms with E-state index in [0.29, 0.717) is 18.9 Å². The topological polar surface area (TPSA) is 72.6 Å². The predicted octanol–water partition coefficient (Wildman–Crippen LogP) is 1.89. The molecule has 2 heterocycles. The molecule has 0 atom stereocenters. The summed E-state index contributed by atoms with van der Waals surface area (Å²) in [5.74, 6) is 1.09. The first-order chi connectivity index (χ1) is 11.5. The number of carbonyl (C=O) groups is 1. The Labute approximate surface area is 139 Å². The number of amides is 1. The third kappa shape index (κ3) is 3.34. The Hall–Kier alpha value is -2.96. The first kappa shape index (κ1) is 15.9. The Morgan fingerprint density at radius 2 is 2.12 bits per heavy atom. The van der Waals surface area contributed by atoms with Crippen LogP contribution in [0.4, 0.5) is 0 Å². The molecule has 0 N–H and O–H groups in total. The number of aryl methyl sites for hydroxylation is 2. The zero-order valence-corrected chi connectivity index (χ0v) is 13.9. The van der Waals surface area contributed by atoms with Crippen LogP contribution in [0.25, 0.3) is 5.78 Å². The minimum Gasteiger partial charge on any atom is -0.492 e. The van der Waals surface area contributed by atoms with Crippen molar-refractivity contribution in [2.75, 3.05) is 20.2 Å². The summed E-state index contributed by atoms with van der Waals surface area (Å²) in [6.07, 6.45) is 1.65. The molecule has 124 valence electrons. The van der Waals surface area contributed by atoms with Gasteiger partial charge in [0.05, 0.1) is 6.54 Å². The quantitative estimate of drug-likeness (QED) is 0.716. The molecule has 3 aromatic rings. The summed E-state index contributed by atoms with van der Waals surface area (Å²) in [4.78, 5) is 22.3. The average Bonchev–Trinajstić information content (AvgIpc) is 3.00. The number of hydrogen-bond acceptors (Lipinski definition) is 5. The van der Waals surface area contributed by atoms with E-state index >= 15 is 0 Å². The molecule has 0 fully saturated rings. The number of fused-ring (bicyclic) bond motifs is 1. The largest absolute Gasteiger partial charge is 0.492 e. The Morgan fingerprint density at radius 3 is 2.88 bits per heavy atom. The highest BCUT2D eigenvalue weighted by molar-refractivity contribution is 5.90. The van der Waals surface area contributed by atoms with Crippen molar-refractivity contribution in [2.45, 2.75) is 13.8 Å². The van der Waals surface area contributed by atoms with Crippen LogP contribution in [0.15, 0.2) is 36.5 Å². The number of likely N-dealkylation sites (N-methyl/N-ethyl adjacent to an activating group) is 1. The van der Waals surface area contributed by atoms with Crippen LogP contribution in [0.5, 0.6) is 5.75 Å². The molecule has 1 amide bonds. The maximum absolute atomic E-state index is 12.4. The smallest absolute Gasteiger partial charge is 0.293 e. The van der Waals surface area contributed by atoms with E-state index in [1.54, 1.807) is 22.7 Å². The lowest BCUT2D eigenvalue weighted by atomic mass is 10.2. The summed E-state index contributed by atoms with van der Waals surface area (Å²) in [6.45, 7) is 4.73. The molecule has 0 unspecified atom stereocenters. The summed E-state index contributed by atoms with van der Waals surface area (Å²) < 4.78 is 7.23. The van der Waals surface area contributed by atoms with Gasteiger partial charge in [-0.2, -0.15) is 4.98 Å². The fourth-order valence-corrected chi connectivity index (χ4v) is 2.27. The van der Waals surface area contributed by atoms with E-state index < -0.39 is 0 Å². The van der Waals surface area contributed by atoms with Crippen LogP contribution in [-0.4, -0.2) is 50.6 Å². The van der Waals surface area contributed by atoms with Crippen molar-refractivity contribution in [3.63, 3.8) is 0 Å². The lowest BCUT2D eigenvalue weighted by molar-refractivity contribution is 0.0762. The summed E-state index contributed by atoms with van der Waals surface area (Å²) in [5.41, 5.74) is 2.01. The van der Waals surface area contributed by atoms with E-state index in [0.717, 1.165) is 17.0 Å². The van der Waals surface area contributed by atoms with Gasteiger partial charge in [-0.3, -0.25) is 4.79 Å². The minimum atomic E-state index is -0.257. The van der Waals surface area contributed by atoms with Crippen LogP contribution < -0.4 is 4.74 Å². The van der Waals surface area contributed by atoms with Crippen LogP contribution >= 0.6 is 0 Å². The second kappa shape index (κ2) is 6.66. The van der Waals surface area contributed by atoms with Crippen molar-refractivity contribution in [1.82, 2.24) is 24.5 Å². The molecule has 0 saturated carbocycles. The first-order valence-electron chi connectivity index (χ1n) is 7.68. The summed E-state index contributed by atoms with van der Waals surface area (Å²) in [6, 6.07) is 9.62. The molecule has 0 aliphatic carbocycles. The molecule has 7 nitrogen and oxygen atoms in total. The van der Waals surface area contributed by atoms with E-state index in [1.807, 2.05) is 44.2 Å². The number of aromatic nitrogens is 4. The lowest BCUT2D eigenvalue weighted by Gasteiger charge is -2.15. The van der Waals surface area contributed by atoms with E-state index in [-0.39, 0.29) is 11.7 Å². The summed E-state index contributed by atoms with van der Waals surface area (Å²) in [7, 11) is 1.70. The average molecular weight is 325 g/mol. The number of nitrogens with zero attached hydrogens (tertiary/aromatic N) is 5. The van der Waals surface area contributed by atoms with Gasteiger partial charge in [-0.05, 0) is 37.6 Å². The van der Waals surface area contributed by atoms with Gasteiger partial charge in [0.1, 0.15) is 12.4 Å².